The molecule has 0 aliphatic heterocycles. The van der Waals surface area contributed by atoms with Gasteiger partial charge in [0.05, 0.1) is 22.3 Å². The van der Waals surface area contributed by atoms with Crippen LogP contribution in [0.4, 0.5) is 5.69 Å². The van der Waals surface area contributed by atoms with Crippen LogP contribution in [0, 0.1) is 5.92 Å². The molecule has 0 aliphatic rings. The number of aryl methyl sites for hydroxylation is 1. The molecule has 0 aromatic carbocycles. The van der Waals surface area contributed by atoms with Crippen LogP contribution in [0.2, 0.25) is 0 Å². The molecule has 3 aromatic rings. The van der Waals surface area contributed by atoms with E-state index >= 15 is 0 Å². The Labute approximate surface area is 157 Å². The highest BCUT2D eigenvalue weighted by Crippen LogP contribution is 2.37. The molecule has 3 heterocycles. The van der Waals surface area contributed by atoms with E-state index in [1.165, 1.54) is 0 Å². The molecule has 0 saturated heterocycles. The Bertz CT molecular complexity index is 1080. The summed E-state index contributed by atoms with van der Waals surface area (Å²) in [5.41, 5.74) is 8.97. The smallest absolute Gasteiger partial charge is 0.251 e. The number of nitrogen functional groups attached to an aromatic ring is 1. The molecule has 2 N–H and O–H groups in total. The molecule has 0 radical (unpaired) electrons. The number of nitrogens with zero attached hydrogens (tertiary/aromatic N) is 5. The summed E-state index contributed by atoms with van der Waals surface area (Å²) in [6, 6.07) is 0. The van der Waals surface area contributed by atoms with Crippen molar-refractivity contribution in [2.45, 2.75) is 45.9 Å². The molecule has 0 fully saturated rings. The van der Waals surface area contributed by atoms with Crippen LogP contribution in [0.25, 0.3) is 22.5 Å². The van der Waals surface area contributed by atoms with Gasteiger partial charge in [0.2, 0.25) is 5.89 Å². The average Bonchev–Trinajstić information content (AvgIpc) is 3.17. The maximum absolute atomic E-state index is 11.4. The van der Waals surface area contributed by atoms with Crippen LogP contribution in [-0.2, 0) is 22.1 Å². The molecular formula is C17H24N6O3S. The summed E-state index contributed by atoms with van der Waals surface area (Å²) in [5, 5.41) is 13.2. The fourth-order valence-corrected chi connectivity index (χ4v) is 3.43. The van der Waals surface area contributed by atoms with Gasteiger partial charge in [0, 0.05) is 24.9 Å². The molecule has 10 heteroatoms. The van der Waals surface area contributed by atoms with Crippen molar-refractivity contribution in [2.24, 2.45) is 5.92 Å². The van der Waals surface area contributed by atoms with Gasteiger partial charge in [0.25, 0.3) is 5.89 Å². The largest absolute Gasteiger partial charge is 0.419 e. The topological polar surface area (TPSA) is 130 Å². The molecule has 0 unspecified atom stereocenters. The molecule has 0 amide bonds. The van der Waals surface area contributed by atoms with Gasteiger partial charge in [-0.25, -0.2) is 18.1 Å². The van der Waals surface area contributed by atoms with E-state index in [4.69, 9.17) is 15.2 Å². The van der Waals surface area contributed by atoms with E-state index in [1.54, 1.807) is 6.20 Å². The predicted octanol–water partition coefficient (Wildman–Crippen LogP) is 2.39. The second-order valence-corrected chi connectivity index (χ2v) is 9.23. The number of sulfone groups is 1. The van der Waals surface area contributed by atoms with Crippen molar-refractivity contribution in [3.8, 4) is 11.5 Å². The van der Waals surface area contributed by atoms with Crippen LogP contribution in [0.15, 0.2) is 10.6 Å². The third kappa shape index (κ3) is 3.66. The maximum Gasteiger partial charge on any atom is 0.251 e. The second kappa shape index (κ2) is 6.91. The molecule has 1 atom stereocenters. The van der Waals surface area contributed by atoms with E-state index in [-0.39, 0.29) is 23.5 Å². The number of rotatable bonds is 6. The average molecular weight is 392 g/mol. The fourth-order valence-electron chi connectivity index (χ4n) is 2.86. The Balaban J connectivity index is 2.16. The Morgan fingerprint density at radius 1 is 1.26 bits per heavy atom. The minimum absolute atomic E-state index is 0.0204. The Kier molecular flexibility index (Phi) is 4.94. The minimum atomic E-state index is -3.27. The highest BCUT2D eigenvalue weighted by Gasteiger charge is 2.24. The van der Waals surface area contributed by atoms with E-state index in [0.717, 1.165) is 17.3 Å². The van der Waals surface area contributed by atoms with E-state index in [2.05, 4.69) is 36.0 Å². The third-order valence-corrected chi connectivity index (χ3v) is 5.41. The first-order valence-corrected chi connectivity index (χ1v) is 10.8. The Morgan fingerprint density at radius 2 is 1.96 bits per heavy atom. The summed E-state index contributed by atoms with van der Waals surface area (Å²) in [4.78, 5) is 4.51. The van der Waals surface area contributed by atoms with Crippen LogP contribution >= 0.6 is 0 Å². The van der Waals surface area contributed by atoms with E-state index < -0.39 is 9.84 Å². The van der Waals surface area contributed by atoms with Crippen LogP contribution in [0.3, 0.4) is 0 Å². The molecular weight excluding hydrogens is 368 g/mol. The summed E-state index contributed by atoms with van der Waals surface area (Å²) in [5.74, 6) is 0.406. The summed E-state index contributed by atoms with van der Waals surface area (Å²) in [6.07, 6.45) is 2.67. The Hall–Kier alpha value is -2.49. The maximum atomic E-state index is 11.4. The lowest BCUT2D eigenvalue weighted by Crippen LogP contribution is -2.05. The molecule has 146 valence electrons. The fraction of sp³-hybridized carbons (Fsp3) is 0.529. The highest BCUT2D eigenvalue weighted by atomic mass is 32.2. The number of hydrogen-bond acceptors (Lipinski definition) is 8. The first kappa shape index (κ1) is 19.3. The minimum Gasteiger partial charge on any atom is -0.419 e. The number of hydrogen-bond donors (Lipinski definition) is 1. The van der Waals surface area contributed by atoms with E-state index in [9.17, 15) is 8.42 Å². The quantitative estimate of drug-likeness (QED) is 0.677. The monoisotopic (exact) mass is 392 g/mol. The summed E-state index contributed by atoms with van der Waals surface area (Å²) < 4.78 is 30.2. The van der Waals surface area contributed by atoms with Crippen molar-refractivity contribution in [3.05, 3.63) is 17.8 Å². The first-order chi connectivity index (χ1) is 12.6. The molecule has 0 bridgehead atoms. The van der Waals surface area contributed by atoms with Gasteiger partial charge in [-0.15, -0.1) is 10.2 Å². The van der Waals surface area contributed by atoms with Crippen LogP contribution in [-0.4, -0.2) is 39.6 Å². The van der Waals surface area contributed by atoms with Crippen molar-refractivity contribution in [1.82, 2.24) is 25.0 Å². The van der Waals surface area contributed by atoms with Gasteiger partial charge in [-0.05, 0) is 12.8 Å². The van der Waals surface area contributed by atoms with Crippen LogP contribution in [0.5, 0.6) is 0 Å². The predicted molar refractivity (Wildman–Crippen MR) is 103 cm³/mol. The lowest BCUT2D eigenvalue weighted by molar-refractivity contribution is 0.514. The lowest BCUT2D eigenvalue weighted by Gasteiger charge is -2.14. The van der Waals surface area contributed by atoms with E-state index in [0.29, 0.717) is 29.4 Å². The number of aromatic nitrogens is 5. The Morgan fingerprint density at radius 3 is 2.56 bits per heavy atom. The summed E-state index contributed by atoms with van der Waals surface area (Å²) >= 11 is 0. The number of fused-ring (bicyclic) bond motifs is 1. The number of anilines is 1. The molecule has 3 aromatic heterocycles. The van der Waals surface area contributed by atoms with Gasteiger partial charge in [-0.3, -0.25) is 0 Å². The molecule has 0 aliphatic carbocycles. The molecule has 0 spiro atoms. The van der Waals surface area contributed by atoms with Gasteiger partial charge in [0.15, 0.2) is 15.5 Å². The summed E-state index contributed by atoms with van der Waals surface area (Å²) in [7, 11) is -3.27. The lowest BCUT2D eigenvalue weighted by atomic mass is 9.92. The standard InChI is InChI=1S/C17H24N6O3S/c1-6-23-16-13(15(22-23)10(4)9(2)3)14(18)11(7-19-16)17-21-20-12(26-17)8-27(5,24)25/h7,9-10H,6,8H2,1-5H3,(H2,18,19)/t10-/m0/s1. The summed E-state index contributed by atoms with van der Waals surface area (Å²) in [6.45, 7) is 9.04. The molecule has 0 saturated carbocycles. The van der Waals surface area contributed by atoms with Crippen molar-refractivity contribution in [2.75, 3.05) is 12.0 Å². The zero-order valence-electron chi connectivity index (χ0n) is 16.1. The van der Waals surface area contributed by atoms with Gasteiger partial charge in [0.1, 0.15) is 5.75 Å². The SMILES string of the molecule is CCn1nc([C@@H](C)C(C)C)c2c(N)c(-c3nnc(CS(C)(=O)=O)o3)cnc21. The molecule has 9 nitrogen and oxygen atoms in total. The van der Waals surface area contributed by atoms with Crippen molar-refractivity contribution < 1.29 is 12.8 Å². The van der Waals surface area contributed by atoms with Crippen molar-refractivity contribution in [1.29, 1.82) is 0 Å². The van der Waals surface area contributed by atoms with Gasteiger partial charge >= 0.3 is 0 Å². The number of pyridine rings is 1. The molecule has 3 rings (SSSR count). The van der Waals surface area contributed by atoms with Crippen LogP contribution < -0.4 is 5.73 Å². The van der Waals surface area contributed by atoms with Crippen LogP contribution in [0.1, 0.15) is 45.2 Å². The van der Waals surface area contributed by atoms with E-state index in [1.807, 2.05) is 11.6 Å². The van der Waals surface area contributed by atoms with Crippen molar-refractivity contribution >= 4 is 26.6 Å². The number of nitrogens with two attached hydrogens (primary N) is 1. The van der Waals surface area contributed by atoms with Gasteiger partial charge < -0.3 is 10.2 Å². The van der Waals surface area contributed by atoms with Crippen molar-refractivity contribution in [3.63, 3.8) is 0 Å². The zero-order chi connectivity index (χ0) is 19.9. The molecule has 27 heavy (non-hydrogen) atoms. The zero-order valence-corrected chi connectivity index (χ0v) is 16.9. The van der Waals surface area contributed by atoms with Gasteiger partial charge in [-0.2, -0.15) is 5.10 Å². The second-order valence-electron chi connectivity index (χ2n) is 7.09. The normalized spacial score (nSPS) is 13.6. The first-order valence-electron chi connectivity index (χ1n) is 8.77. The third-order valence-electron chi connectivity index (χ3n) is 4.64. The highest BCUT2D eigenvalue weighted by molar-refractivity contribution is 7.89. The van der Waals surface area contributed by atoms with Gasteiger partial charge in [-0.1, -0.05) is 20.8 Å².